The number of rotatable bonds is 6. The first-order chi connectivity index (χ1) is 6.33. The fraction of sp³-hybridized carbons (Fsp3) is 0.600. The number of unbranched alkanes of at least 4 members (excludes halogenated alkanes) is 1. The predicted octanol–water partition coefficient (Wildman–Crippen LogP) is 4.00. The van der Waals surface area contributed by atoms with E-state index in [-0.39, 0.29) is 5.44 Å². The van der Waals surface area contributed by atoms with Crippen molar-refractivity contribution in [3.8, 4) is 0 Å². The summed E-state index contributed by atoms with van der Waals surface area (Å²) >= 11 is 3.57. The van der Waals surface area contributed by atoms with Gasteiger partial charge in [0, 0.05) is 6.61 Å². The molecule has 0 amide bonds. The Morgan fingerprint density at radius 2 is 2.46 bits per heavy atom. The average Bonchev–Trinajstić information content (AvgIpc) is 2.57. The Kier molecular flexibility index (Phi) is 5.51. The molecule has 0 aromatic carbocycles. The molecule has 1 rings (SSSR count). The van der Waals surface area contributed by atoms with Gasteiger partial charge in [-0.1, -0.05) is 31.2 Å². The molecule has 1 atom stereocenters. The minimum Gasteiger partial charge on any atom is -0.368 e. The fourth-order valence-electron chi connectivity index (χ4n) is 0.922. The van der Waals surface area contributed by atoms with Gasteiger partial charge in [0.25, 0.3) is 0 Å². The molecular weight excluding hydrogens is 200 g/mol. The SMILES string of the molecule is CCCCOC(C)Sc1cccs1. The molecule has 0 radical (unpaired) electrons. The molecule has 74 valence electrons. The van der Waals surface area contributed by atoms with E-state index in [1.165, 1.54) is 10.6 Å². The molecule has 0 saturated carbocycles. The van der Waals surface area contributed by atoms with Crippen LogP contribution in [0.25, 0.3) is 0 Å². The number of hydrogen-bond acceptors (Lipinski definition) is 3. The van der Waals surface area contributed by atoms with E-state index in [2.05, 4.69) is 31.4 Å². The maximum atomic E-state index is 5.63. The van der Waals surface area contributed by atoms with Crippen molar-refractivity contribution in [3.63, 3.8) is 0 Å². The number of ether oxygens (including phenoxy) is 1. The van der Waals surface area contributed by atoms with E-state index in [1.54, 1.807) is 23.1 Å². The van der Waals surface area contributed by atoms with Gasteiger partial charge in [-0.05, 0) is 24.8 Å². The van der Waals surface area contributed by atoms with Gasteiger partial charge in [0.15, 0.2) is 0 Å². The molecular formula is C10H16OS2. The molecule has 0 saturated heterocycles. The van der Waals surface area contributed by atoms with Gasteiger partial charge in [0.2, 0.25) is 0 Å². The normalized spacial score (nSPS) is 13.1. The zero-order valence-electron chi connectivity index (χ0n) is 8.16. The van der Waals surface area contributed by atoms with Crippen LogP contribution in [0, 0.1) is 0 Å². The van der Waals surface area contributed by atoms with Crippen LogP contribution in [0.4, 0.5) is 0 Å². The lowest BCUT2D eigenvalue weighted by atomic mass is 10.4. The van der Waals surface area contributed by atoms with E-state index in [1.807, 2.05) is 0 Å². The second kappa shape index (κ2) is 6.46. The van der Waals surface area contributed by atoms with Crippen LogP contribution in [0.15, 0.2) is 21.7 Å². The van der Waals surface area contributed by atoms with Gasteiger partial charge in [0.1, 0.15) is 5.44 Å². The van der Waals surface area contributed by atoms with Crippen LogP contribution in [0.1, 0.15) is 26.7 Å². The van der Waals surface area contributed by atoms with Crippen molar-refractivity contribution in [2.75, 3.05) is 6.61 Å². The Balaban J connectivity index is 2.14. The molecule has 1 aromatic heterocycles. The molecule has 0 aliphatic rings. The maximum absolute atomic E-state index is 5.63. The summed E-state index contributed by atoms with van der Waals surface area (Å²) in [5.74, 6) is 0. The molecule has 3 heteroatoms. The highest BCUT2D eigenvalue weighted by Crippen LogP contribution is 2.27. The molecule has 1 nitrogen and oxygen atoms in total. The van der Waals surface area contributed by atoms with E-state index < -0.39 is 0 Å². The van der Waals surface area contributed by atoms with Gasteiger partial charge < -0.3 is 4.74 Å². The minimum absolute atomic E-state index is 0.283. The zero-order chi connectivity index (χ0) is 9.52. The monoisotopic (exact) mass is 216 g/mol. The molecule has 1 heterocycles. The van der Waals surface area contributed by atoms with Gasteiger partial charge in [-0.25, -0.2) is 0 Å². The van der Waals surface area contributed by atoms with Crippen molar-refractivity contribution >= 4 is 23.1 Å². The van der Waals surface area contributed by atoms with Crippen LogP contribution in [-0.2, 0) is 4.74 Å². The Bertz CT molecular complexity index is 209. The third kappa shape index (κ3) is 4.69. The predicted molar refractivity (Wildman–Crippen MR) is 60.5 cm³/mol. The zero-order valence-corrected chi connectivity index (χ0v) is 9.79. The quantitative estimate of drug-likeness (QED) is 0.404. The van der Waals surface area contributed by atoms with Crippen molar-refractivity contribution in [2.24, 2.45) is 0 Å². The summed E-state index contributed by atoms with van der Waals surface area (Å²) in [6.07, 6.45) is 2.37. The first kappa shape index (κ1) is 11.1. The largest absolute Gasteiger partial charge is 0.368 e. The second-order valence-electron chi connectivity index (χ2n) is 2.84. The van der Waals surface area contributed by atoms with Crippen LogP contribution >= 0.6 is 23.1 Å². The van der Waals surface area contributed by atoms with E-state index in [4.69, 9.17) is 4.74 Å². The summed E-state index contributed by atoms with van der Waals surface area (Å²) in [4.78, 5) is 0. The van der Waals surface area contributed by atoms with Crippen molar-refractivity contribution in [1.82, 2.24) is 0 Å². The van der Waals surface area contributed by atoms with E-state index >= 15 is 0 Å². The number of thioether (sulfide) groups is 1. The number of hydrogen-bond donors (Lipinski definition) is 0. The Morgan fingerprint density at radius 1 is 1.62 bits per heavy atom. The lowest BCUT2D eigenvalue weighted by Gasteiger charge is -2.10. The number of thiophene rings is 1. The second-order valence-corrected chi connectivity index (χ2v) is 5.39. The topological polar surface area (TPSA) is 9.23 Å². The first-order valence-electron chi connectivity index (χ1n) is 4.64. The summed E-state index contributed by atoms with van der Waals surface area (Å²) in [6, 6.07) is 4.21. The summed E-state index contributed by atoms with van der Waals surface area (Å²) < 4.78 is 6.96. The van der Waals surface area contributed by atoms with Crippen LogP contribution in [0.2, 0.25) is 0 Å². The van der Waals surface area contributed by atoms with Crippen LogP contribution in [0.5, 0.6) is 0 Å². The van der Waals surface area contributed by atoms with Crippen LogP contribution < -0.4 is 0 Å². The Labute approximate surface area is 88.5 Å². The summed E-state index contributed by atoms with van der Waals surface area (Å²) in [5, 5.41) is 2.10. The first-order valence-corrected chi connectivity index (χ1v) is 6.40. The van der Waals surface area contributed by atoms with E-state index in [0.717, 1.165) is 13.0 Å². The van der Waals surface area contributed by atoms with Crippen molar-refractivity contribution in [3.05, 3.63) is 17.5 Å². The van der Waals surface area contributed by atoms with Crippen LogP contribution in [0.3, 0.4) is 0 Å². The van der Waals surface area contributed by atoms with E-state index in [0.29, 0.717) is 0 Å². The highest BCUT2D eigenvalue weighted by molar-refractivity contribution is 8.01. The summed E-state index contributed by atoms with van der Waals surface area (Å²) in [5.41, 5.74) is 0.283. The molecule has 0 N–H and O–H groups in total. The standard InChI is InChI=1S/C10H16OS2/c1-3-4-7-11-9(2)13-10-6-5-8-12-10/h5-6,8-9H,3-4,7H2,1-2H3. The smallest absolute Gasteiger partial charge is 0.105 e. The summed E-state index contributed by atoms with van der Waals surface area (Å²) in [7, 11) is 0. The van der Waals surface area contributed by atoms with Gasteiger partial charge in [-0.2, -0.15) is 0 Å². The third-order valence-corrected chi connectivity index (χ3v) is 3.70. The molecule has 0 aliphatic heterocycles. The lowest BCUT2D eigenvalue weighted by molar-refractivity contribution is 0.121. The molecule has 0 spiro atoms. The molecule has 0 aliphatic carbocycles. The minimum atomic E-state index is 0.283. The molecule has 1 aromatic rings. The molecule has 1 unspecified atom stereocenters. The third-order valence-electron chi connectivity index (χ3n) is 1.63. The summed E-state index contributed by atoms with van der Waals surface area (Å²) in [6.45, 7) is 5.18. The molecule has 0 fully saturated rings. The highest BCUT2D eigenvalue weighted by atomic mass is 32.2. The van der Waals surface area contributed by atoms with Gasteiger partial charge in [0.05, 0.1) is 4.21 Å². The van der Waals surface area contributed by atoms with Crippen molar-refractivity contribution in [2.45, 2.75) is 36.3 Å². The van der Waals surface area contributed by atoms with Gasteiger partial charge in [-0.15, -0.1) is 11.3 Å². The Hall–Kier alpha value is 0.01000. The van der Waals surface area contributed by atoms with Gasteiger partial charge in [-0.3, -0.25) is 0 Å². The van der Waals surface area contributed by atoms with E-state index in [9.17, 15) is 0 Å². The molecule has 13 heavy (non-hydrogen) atoms. The Morgan fingerprint density at radius 3 is 3.08 bits per heavy atom. The average molecular weight is 216 g/mol. The van der Waals surface area contributed by atoms with Crippen molar-refractivity contribution in [1.29, 1.82) is 0 Å². The lowest BCUT2D eigenvalue weighted by Crippen LogP contribution is -2.03. The maximum Gasteiger partial charge on any atom is 0.105 e. The van der Waals surface area contributed by atoms with Gasteiger partial charge >= 0.3 is 0 Å². The van der Waals surface area contributed by atoms with Crippen LogP contribution in [-0.4, -0.2) is 12.0 Å². The highest BCUT2D eigenvalue weighted by Gasteiger charge is 2.04. The fourth-order valence-corrected chi connectivity index (χ4v) is 2.81. The van der Waals surface area contributed by atoms with Crippen molar-refractivity contribution < 1.29 is 4.74 Å². The molecule has 0 bridgehead atoms.